The van der Waals surface area contributed by atoms with Crippen LogP contribution in [0.5, 0.6) is 0 Å². The minimum absolute atomic E-state index is 0.607. The van der Waals surface area contributed by atoms with Crippen LogP contribution < -0.4 is 10.2 Å². The molecule has 3 heterocycles. The molecule has 0 amide bonds. The summed E-state index contributed by atoms with van der Waals surface area (Å²) in [5, 5.41) is 3.35. The number of nitrogens with zero attached hydrogens (tertiary/aromatic N) is 4. The Labute approximate surface area is 160 Å². The molecule has 1 saturated heterocycles. The summed E-state index contributed by atoms with van der Waals surface area (Å²) < 4.78 is 0. The molecule has 1 aliphatic heterocycles. The Morgan fingerprint density at radius 3 is 2.52 bits per heavy atom. The number of pyridine rings is 1. The standard InChI is InChI=1S/C22H25N5/c1-17-10-13-27(14-11-17)21-15-20(18-7-3-2-4-8-18)25-22(26-21)24-16-19-9-5-6-12-23-19/h2-9,12,15,17H,10-11,13-14,16H2,1H3,(H,24,25,26). The molecule has 0 radical (unpaired) electrons. The van der Waals surface area contributed by atoms with Gasteiger partial charge in [0.2, 0.25) is 5.95 Å². The first-order valence-corrected chi connectivity index (χ1v) is 9.61. The summed E-state index contributed by atoms with van der Waals surface area (Å²) in [6, 6.07) is 18.3. The van der Waals surface area contributed by atoms with E-state index in [1.54, 1.807) is 6.20 Å². The maximum atomic E-state index is 4.80. The SMILES string of the molecule is CC1CCN(c2cc(-c3ccccc3)nc(NCc3ccccn3)n2)CC1. The molecule has 0 aliphatic carbocycles. The third kappa shape index (κ3) is 4.42. The van der Waals surface area contributed by atoms with Gasteiger partial charge in [-0.3, -0.25) is 4.98 Å². The molecule has 5 heteroatoms. The number of anilines is 2. The van der Waals surface area contributed by atoms with Crippen molar-refractivity contribution in [1.29, 1.82) is 0 Å². The van der Waals surface area contributed by atoms with Gasteiger partial charge in [0.05, 0.1) is 17.9 Å². The average Bonchev–Trinajstić information content (AvgIpc) is 2.74. The maximum Gasteiger partial charge on any atom is 0.225 e. The van der Waals surface area contributed by atoms with Gasteiger partial charge in [0.1, 0.15) is 5.82 Å². The smallest absolute Gasteiger partial charge is 0.225 e. The van der Waals surface area contributed by atoms with Crippen molar-refractivity contribution in [2.24, 2.45) is 5.92 Å². The van der Waals surface area contributed by atoms with Crippen LogP contribution in [0.3, 0.4) is 0 Å². The lowest BCUT2D eigenvalue weighted by molar-refractivity contribution is 0.436. The summed E-state index contributed by atoms with van der Waals surface area (Å²) in [6.07, 6.45) is 4.22. The third-order valence-corrected chi connectivity index (χ3v) is 5.04. The van der Waals surface area contributed by atoms with Gasteiger partial charge in [-0.15, -0.1) is 0 Å². The first-order chi connectivity index (χ1) is 13.3. The minimum Gasteiger partial charge on any atom is -0.356 e. The van der Waals surface area contributed by atoms with Gasteiger partial charge >= 0.3 is 0 Å². The second-order valence-electron chi connectivity index (χ2n) is 7.15. The van der Waals surface area contributed by atoms with E-state index in [0.717, 1.165) is 41.8 Å². The molecule has 0 bridgehead atoms. The van der Waals surface area contributed by atoms with E-state index in [1.165, 1.54) is 12.8 Å². The van der Waals surface area contributed by atoms with Gasteiger partial charge < -0.3 is 10.2 Å². The molecule has 0 saturated carbocycles. The monoisotopic (exact) mass is 359 g/mol. The summed E-state index contributed by atoms with van der Waals surface area (Å²) in [4.78, 5) is 16.3. The lowest BCUT2D eigenvalue weighted by Crippen LogP contribution is -2.33. The van der Waals surface area contributed by atoms with Crippen LogP contribution in [0.15, 0.2) is 60.8 Å². The lowest BCUT2D eigenvalue weighted by atomic mass is 9.99. The Kier molecular flexibility index (Phi) is 5.28. The van der Waals surface area contributed by atoms with E-state index in [1.807, 2.05) is 36.4 Å². The van der Waals surface area contributed by atoms with Gasteiger partial charge in [0, 0.05) is 30.9 Å². The van der Waals surface area contributed by atoms with E-state index < -0.39 is 0 Å². The van der Waals surface area contributed by atoms with E-state index >= 15 is 0 Å². The Bertz CT molecular complexity index is 858. The molecule has 0 unspecified atom stereocenters. The highest BCUT2D eigenvalue weighted by Gasteiger charge is 2.18. The van der Waals surface area contributed by atoms with Crippen molar-refractivity contribution in [3.8, 4) is 11.3 Å². The van der Waals surface area contributed by atoms with Gasteiger partial charge in [-0.05, 0) is 30.9 Å². The molecule has 1 N–H and O–H groups in total. The molecule has 0 spiro atoms. The number of rotatable bonds is 5. The van der Waals surface area contributed by atoms with E-state index in [4.69, 9.17) is 9.97 Å². The largest absolute Gasteiger partial charge is 0.356 e. The number of hydrogen-bond acceptors (Lipinski definition) is 5. The van der Waals surface area contributed by atoms with Crippen LogP contribution in [0.1, 0.15) is 25.5 Å². The number of piperidine rings is 1. The fourth-order valence-electron chi connectivity index (χ4n) is 3.34. The summed E-state index contributed by atoms with van der Waals surface area (Å²) in [6.45, 7) is 5.03. The van der Waals surface area contributed by atoms with Crippen LogP contribution in [0.2, 0.25) is 0 Å². The average molecular weight is 359 g/mol. The van der Waals surface area contributed by atoms with Crippen LogP contribution in [0, 0.1) is 5.92 Å². The molecule has 1 aromatic carbocycles. The highest BCUT2D eigenvalue weighted by molar-refractivity contribution is 5.64. The zero-order valence-corrected chi connectivity index (χ0v) is 15.7. The summed E-state index contributed by atoms with van der Waals surface area (Å²) >= 11 is 0. The van der Waals surface area contributed by atoms with Gasteiger partial charge in [-0.2, -0.15) is 4.98 Å². The minimum atomic E-state index is 0.607. The quantitative estimate of drug-likeness (QED) is 0.732. The van der Waals surface area contributed by atoms with Crippen LogP contribution in [-0.2, 0) is 6.54 Å². The van der Waals surface area contributed by atoms with Crippen LogP contribution in [-0.4, -0.2) is 28.0 Å². The van der Waals surface area contributed by atoms with Crippen molar-refractivity contribution in [3.63, 3.8) is 0 Å². The molecule has 3 aromatic rings. The number of benzene rings is 1. The van der Waals surface area contributed by atoms with Gasteiger partial charge in [-0.25, -0.2) is 4.98 Å². The molecule has 27 heavy (non-hydrogen) atoms. The summed E-state index contributed by atoms with van der Waals surface area (Å²) in [5.41, 5.74) is 3.02. The molecule has 4 rings (SSSR count). The summed E-state index contributed by atoms with van der Waals surface area (Å²) in [5.74, 6) is 2.44. The number of hydrogen-bond donors (Lipinski definition) is 1. The normalized spacial score (nSPS) is 14.9. The Hall–Kier alpha value is -2.95. The lowest BCUT2D eigenvalue weighted by Gasteiger charge is -2.31. The van der Waals surface area contributed by atoms with Crippen molar-refractivity contribution in [2.45, 2.75) is 26.3 Å². The highest BCUT2D eigenvalue weighted by atomic mass is 15.2. The summed E-state index contributed by atoms with van der Waals surface area (Å²) in [7, 11) is 0. The van der Waals surface area contributed by atoms with Gasteiger partial charge in [0.25, 0.3) is 0 Å². The van der Waals surface area contributed by atoms with E-state index in [0.29, 0.717) is 12.5 Å². The van der Waals surface area contributed by atoms with Crippen molar-refractivity contribution >= 4 is 11.8 Å². The molecule has 2 aromatic heterocycles. The van der Waals surface area contributed by atoms with E-state index in [-0.39, 0.29) is 0 Å². The maximum absolute atomic E-state index is 4.80. The van der Waals surface area contributed by atoms with Crippen molar-refractivity contribution < 1.29 is 0 Å². The zero-order chi connectivity index (χ0) is 18.5. The van der Waals surface area contributed by atoms with Gasteiger partial charge in [0.15, 0.2) is 0 Å². The molecule has 0 atom stereocenters. The second kappa shape index (κ2) is 8.16. The molecule has 138 valence electrons. The molecule has 1 aliphatic rings. The first-order valence-electron chi connectivity index (χ1n) is 9.61. The predicted octanol–water partition coefficient (Wildman–Crippen LogP) is 4.39. The Balaban J connectivity index is 1.62. The topological polar surface area (TPSA) is 53.9 Å². The van der Waals surface area contributed by atoms with Crippen LogP contribution in [0.4, 0.5) is 11.8 Å². The highest BCUT2D eigenvalue weighted by Crippen LogP contribution is 2.26. The Morgan fingerprint density at radius 1 is 1.00 bits per heavy atom. The molecular weight excluding hydrogens is 334 g/mol. The predicted molar refractivity (Wildman–Crippen MR) is 110 cm³/mol. The molecular formula is C22H25N5. The van der Waals surface area contributed by atoms with E-state index in [9.17, 15) is 0 Å². The molecule has 5 nitrogen and oxygen atoms in total. The number of aromatic nitrogens is 3. The van der Waals surface area contributed by atoms with Gasteiger partial charge in [-0.1, -0.05) is 43.3 Å². The van der Waals surface area contributed by atoms with E-state index in [2.05, 4.69) is 40.3 Å². The number of nitrogens with one attached hydrogen (secondary N) is 1. The molecule has 1 fully saturated rings. The van der Waals surface area contributed by atoms with Crippen molar-refractivity contribution in [3.05, 3.63) is 66.5 Å². The van der Waals surface area contributed by atoms with Crippen molar-refractivity contribution in [2.75, 3.05) is 23.3 Å². The second-order valence-corrected chi connectivity index (χ2v) is 7.15. The first kappa shape index (κ1) is 17.5. The fraction of sp³-hybridized carbons (Fsp3) is 0.318. The Morgan fingerprint density at radius 2 is 1.78 bits per heavy atom. The third-order valence-electron chi connectivity index (χ3n) is 5.04. The van der Waals surface area contributed by atoms with Crippen LogP contribution in [0.25, 0.3) is 11.3 Å². The fourth-order valence-corrected chi connectivity index (χ4v) is 3.34. The zero-order valence-electron chi connectivity index (χ0n) is 15.7. The van der Waals surface area contributed by atoms with Crippen molar-refractivity contribution in [1.82, 2.24) is 15.0 Å². The van der Waals surface area contributed by atoms with Crippen LogP contribution >= 0.6 is 0 Å².